The van der Waals surface area contributed by atoms with Gasteiger partial charge in [0.2, 0.25) is 0 Å². The zero-order valence-electron chi connectivity index (χ0n) is 43.9. The van der Waals surface area contributed by atoms with Crippen molar-refractivity contribution in [2.24, 2.45) is 5.73 Å². The summed E-state index contributed by atoms with van der Waals surface area (Å²) >= 11 is 0. The molecule has 2 unspecified atom stereocenters. The molecule has 9 nitrogen and oxygen atoms in total. The first kappa shape index (κ1) is 66.4. The predicted molar refractivity (Wildman–Crippen MR) is 302 cm³/mol. The Morgan fingerprint density at radius 3 is 1.13 bits per heavy atom. The molecule has 0 saturated carbocycles. The number of allylic oxidation sites excluding steroid dienone is 28. The lowest BCUT2D eigenvalue weighted by molar-refractivity contribution is -0.161. The van der Waals surface area contributed by atoms with E-state index in [2.05, 4.69) is 178 Å². The summed E-state index contributed by atoms with van der Waals surface area (Å²) in [5.74, 6) is -0.938. The van der Waals surface area contributed by atoms with Gasteiger partial charge in [0.1, 0.15) is 6.61 Å². The molecule has 0 aromatic heterocycles. The fraction of sp³-hybridized carbons (Fsp3) is 0.508. The molecule has 3 N–H and O–H groups in total. The molecular weight excluding hydrogens is 906 g/mol. The number of unbranched alkanes of at least 4 members (excludes halogenated alkanes) is 6. The van der Waals surface area contributed by atoms with Gasteiger partial charge < -0.3 is 20.1 Å². The van der Waals surface area contributed by atoms with Crippen LogP contribution in [0.15, 0.2) is 170 Å². The second-order valence-electron chi connectivity index (χ2n) is 16.6. The highest BCUT2D eigenvalue weighted by molar-refractivity contribution is 7.47. The van der Waals surface area contributed by atoms with Crippen molar-refractivity contribution >= 4 is 19.8 Å². The van der Waals surface area contributed by atoms with Crippen molar-refractivity contribution in [2.75, 3.05) is 26.4 Å². The number of ether oxygens (including phenoxy) is 2. The number of carbonyl (C=O) groups excluding carboxylic acids is 2. The second kappa shape index (κ2) is 54.7. The first-order chi connectivity index (χ1) is 34.8. The van der Waals surface area contributed by atoms with Crippen LogP contribution in [0, 0.1) is 0 Å². The van der Waals surface area contributed by atoms with Gasteiger partial charge in [0.15, 0.2) is 6.10 Å². The lowest BCUT2D eigenvalue weighted by Crippen LogP contribution is -2.29. The minimum atomic E-state index is -4.42. The fourth-order valence-corrected chi connectivity index (χ4v) is 7.01. The van der Waals surface area contributed by atoms with Crippen molar-refractivity contribution in [2.45, 2.75) is 174 Å². The molecule has 0 aromatic rings. The first-order valence-corrected chi connectivity index (χ1v) is 28.1. The van der Waals surface area contributed by atoms with Crippen LogP contribution < -0.4 is 5.73 Å². The molecule has 2 atom stereocenters. The van der Waals surface area contributed by atoms with E-state index in [1.165, 1.54) is 0 Å². The van der Waals surface area contributed by atoms with Gasteiger partial charge in [-0.05, 0) is 122 Å². The van der Waals surface area contributed by atoms with E-state index in [-0.39, 0.29) is 32.6 Å². The molecule has 0 saturated heterocycles. The second-order valence-corrected chi connectivity index (χ2v) is 18.1. The number of phosphoric acid groups is 1. The molecule has 0 amide bonds. The molecular formula is C61H94NO8P. The minimum absolute atomic E-state index is 0.0304. The number of esters is 2. The molecule has 0 aromatic carbocycles. The maximum Gasteiger partial charge on any atom is 0.472 e. The van der Waals surface area contributed by atoms with Crippen LogP contribution in [-0.2, 0) is 32.7 Å². The number of phosphoric ester groups is 1. The molecule has 0 spiro atoms. The van der Waals surface area contributed by atoms with Gasteiger partial charge in [-0.3, -0.25) is 18.6 Å². The smallest absolute Gasteiger partial charge is 0.462 e. The van der Waals surface area contributed by atoms with E-state index < -0.39 is 32.5 Å². The van der Waals surface area contributed by atoms with Gasteiger partial charge in [0.05, 0.1) is 13.2 Å². The van der Waals surface area contributed by atoms with Gasteiger partial charge in [0.25, 0.3) is 0 Å². The number of carbonyl (C=O) groups is 2. The average Bonchev–Trinajstić information content (AvgIpc) is 3.36. The molecule has 10 heteroatoms. The summed E-state index contributed by atoms with van der Waals surface area (Å²) in [6.45, 7) is 3.38. The standard InChI is InChI=1S/C61H94NO8P/c1-3-5-7-9-11-13-15-17-19-21-23-25-26-27-28-29-30-31-32-34-36-38-40-42-44-46-48-50-52-54-61(64)70-59(58-69-71(65,66)68-56-55-62)57-67-60(63)53-51-49-47-45-43-41-39-37-35-33-24-22-20-18-16-14-12-10-8-6-4-2/h5-8,11-14,17-20,23-25,27-28,30-31,33-34,36-37,39-40,42,46,48,59H,3-4,9-10,15-16,21-22,26,29,32,35,38,41,43-45,47,49-58,62H2,1-2H3,(H,65,66)/b7-5-,8-6-,13-11-,14-12-,19-17-,20-18-,25-23-,28-27-,31-30-,33-24-,36-34-,39-37-,42-40-,48-46-. The minimum Gasteiger partial charge on any atom is -0.462 e. The quantitative estimate of drug-likeness (QED) is 0.0264. The summed E-state index contributed by atoms with van der Waals surface area (Å²) in [7, 11) is -4.42. The maximum absolute atomic E-state index is 12.7. The summed E-state index contributed by atoms with van der Waals surface area (Å²) in [5, 5.41) is 0. The van der Waals surface area contributed by atoms with Crippen LogP contribution in [0.25, 0.3) is 0 Å². The van der Waals surface area contributed by atoms with E-state index in [0.29, 0.717) is 19.3 Å². The molecule has 0 bridgehead atoms. The van der Waals surface area contributed by atoms with Crippen LogP contribution in [-0.4, -0.2) is 49.3 Å². The zero-order chi connectivity index (χ0) is 51.7. The van der Waals surface area contributed by atoms with Crippen LogP contribution in [0.5, 0.6) is 0 Å². The molecule has 396 valence electrons. The molecule has 0 aliphatic rings. The Hall–Kier alpha value is -4.63. The average molecular weight is 1000 g/mol. The molecule has 0 fully saturated rings. The summed E-state index contributed by atoms with van der Waals surface area (Å²) in [5.41, 5.74) is 5.36. The van der Waals surface area contributed by atoms with Crippen molar-refractivity contribution in [3.8, 4) is 0 Å². The Kier molecular flexibility index (Phi) is 51.1. The van der Waals surface area contributed by atoms with Gasteiger partial charge in [-0.1, -0.05) is 203 Å². The topological polar surface area (TPSA) is 134 Å². The highest BCUT2D eigenvalue weighted by atomic mass is 31.2. The van der Waals surface area contributed by atoms with Gasteiger partial charge >= 0.3 is 19.8 Å². The van der Waals surface area contributed by atoms with Crippen molar-refractivity contribution < 1.29 is 37.6 Å². The van der Waals surface area contributed by atoms with E-state index in [1.807, 2.05) is 6.08 Å². The van der Waals surface area contributed by atoms with Crippen LogP contribution in [0.3, 0.4) is 0 Å². The molecule has 0 heterocycles. The Morgan fingerprint density at radius 2 is 0.746 bits per heavy atom. The number of hydrogen-bond donors (Lipinski definition) is 2. The third kappa shape index (κ3) is 54.6. The van der Waals surface area contributed by atoms with E-state index >= 15 is 0 Å². The number of nitrogens with two attached hydrogens (primary N) is 1. The largest absolute Gasteiger partial charge is 0.472 e. The van der Waals surface area contributed by atoms with Crippen molar-refractivity contribution in [3.63, 3.8) is 0 Å². The van der Waals surface area contributed by atoms with Gasteiger partial charge in [-0.25, -0.2) is 4.57 Å². The van der Waals surface area contributed by atoms with Crippen LogP contribution >= 0.6 is 7.82 Å². The highest BCUT2D eigenvalue weighted by Crippen LogP contribution is 2.43. The van der Waals surface area contributed by atoms with Gasteiger partial charge in [-0.2, -0.15) is 0 Å². The molecule has 0 aliphatic carbocycles. The summed E-state index contributed by atoms with van der Waals surface area (Å²) in [4.78, 5) is 35.1. The Balaban J connectivity index is 4.25. The van der Waals surface area contributed by atoms with Crippen LogP contribution in [0.2, 0.25) is 0 Å². The van der Waals surface area contributed by atoms with E-state index in [0.717, 1.165) is 122 Å². The lowest BCUT2D eigenvalue weighted by Gasteiger charge is -2.19. The van der Waals surface area contributed by atoms with E-state index in [1.54, 1.807) is 0 Å². The summed E-state index contributed by atoms with van der Waals surface area (Å²) < 4.78 is 32.9. The van der Waals surface area contributed by atoms with E-state index in [4.69, 9.17) is 24.3 Å². The number of hydrogen-bond acceptors (Lipinski definition) is 8. The predicted octanol–water partition coefficient (Wildman–Crippen LogP) is 16.7. The van der Waals surface area contributed by atoms with Gasteiger partial charge in [-0.15, -0.1) is 0 Å². The van der Waals surface area contributed by atoms with Crippen molar-refractivity contribution in [1.82, 2.24) is 0 Å². The Bertz CT molecular complexity index is 1760. The monoisotopic (exact) mass is 1000 g/mol. The van der Waals surface area contributed by atoms with Crippen molar-refractivity contribution in [3.05, 3.63) is 170 Å². The summed E-state index contributed by atoms with van der Waals surface area (Å²) in [6.07, 6.45) is 81.1. The highest BCUT2D eigenvalue weighted by Gasteiger charge is 2.26. The normalized spacial score (nSPS) is 14.5. The molecule has 0 radical (unpaired) electrons. The molecule has 0 aliphatic heterocycles. The third-order valence-corrected chi connectivity index (χ3v) is 11.1. The Labute approximate surface area is 431 Å². The van der Waals surface area contributed by atoms with Crippen molar-refractivity contribution in [1.29, 1.82) is 0 Å². The zero-order valence-corrected chi connectivity index (χ0v) is 44.8. The van der Waals surface area contributed by atoms with Crippen LogP contribution in [0.1, 0.15) is 168 Å². The fourth-order valence-electron chi connectivity index (χ4n) is 6.25. The first-order valence-electron chi connectivity index (χ1n) is 26.6. The van der Waals surface area contributed by atoms with Crippen LogP contribution in [0.4, 0.5) is 0 Å². The maximum atomic E-state index is 12.7. The third-order valence-electron chi connectivity index (χ3n) is 10.1. The molecule has 0 rings (SSSR count). The van der Waals surface area contributed by atoms with Gasteiger partial charge in [0, 0.05) is 19.4 Å². The lowest BCUT2D eigenvalue weighted by atomic mass is 10.1. The Morgan fingerprint density at radius 1 is 0.423 bits per heavy atom. The molecule has 71 heavy (non-hydrogen) atoms. The number of rotatable bonds is 47. The van der Waals surface area contributed by atoms with E-state index in [9.17, 15) is 19.0 Å². The summed E-state index contributed by atoms with van der Waals surface area (Å²) in [6, 6.07) is 0. The SMILES string of the molecule is CC/C=C\C/C=C\C/C=C\C/C=C\C/C=C\C/C=C\C/C=C\C/C=C\C/C=C\CCCC(=O)OC(COC(=O)CCCCCCC/C=C\C/C=C\C/C=C\C/C=C\C/C=C\CC)COP(=O)(O)OCCN.